The van der Waals surface area contributed by atoms with Crippen molar-refractivity contribution in [3.05, 3.63) is 11.5 Å². The zero-order valence-electron chi connectivity index (χ0n) is 12.4. The van der Waals surface area contributed by atoms with Gasteiger partial charge in [-0.1, -0.05) is 6.92 Å². The Kier molecular flexibility index (Phi) is 3.73. The molecule has 1 atom stereocenters. The van der Waals surface area contributed by atoms with E-state index < -0.39 is 0 Å². The molecule has 0 aromatic carbocycles. The zero-order valence-corrected chi connectivity index (χ0v) is 13.2. The Labute approximate surface area is 124 Å². The quantitative estimate of drug-likeness (QED) is 0.816. The van der Waals surface area contributed by atoms with Gasteiger partial charge in [-0.3, -0.25) is 4.68 Å². The second-order valence-corrected chi connectivity index (χ2v) is 5.95. The summed E-state index contributed by atoms with van der Waals surface area (Å²) in [7, 11) is 4.19. The molecule has 0 saturated carbocycles. The minimum atomic E-state index is 0.451. The highest BCUT2D eigenvalue weighted by Gasteiger charge is 2.26. The Balaban J connectivity index is 2.14. The third-order valence-corrected chi connectivity index (χ3v) is 4.47. The van der Waals surface area contributed by atoms with Crippen molar-refractivity contribution in [2.75, 3.05) is 20.1 Å². The number of likely N-dealkylation sites (N-methyl/N-ethyl adjacent to an activating group) is 1. The molecule has 20 heavy (non-hydrogen) atoms. The summed E-state index contributed by atoms with van der Waals surface area (Å²) in [6, 6.07) is 0.451. The number of imidazole rings is 1. The lowest BCUT2D eigenvalue weighted by Gasteiger charge is -2.31. The molecule has 1 aliphatic heterocycles. The fraction of sp³-hybridized carbons (Fsp3) is 0.714. The Hall–Kier alpha value is -1.07. The van der Waals surface area contributed by atoms with E-state index in [4.69, 9.17) is 16.6 Å². The number of fused-ring (bicyclic) bond motifs is 1. The van der Waals surface area contributed by atoms with Crippen molar-refractivity contribution in [1.29, 1.82) is 0 Å². The highest BCUT2D eigenvalue weighted by atomic mass is 35.5. The number of hydrogen-bond acceptors (Lipinski definition) is 3. The van der Waals surface area contributed by atoms with E-state index >= 15 is 0 Å². The highest BCUT2D eigenvalue weighted by molar-refractivity contribution is 6.16. The van der Waals surface area contributed by atoms with Gasteiger partial charge < -0.3 is 9.47 Å². The molecule has 2 aromatic rings. The van der Waals surface area contributed by atoms with Crippen LogP contribution in [0.25, 0.3) is 11.2 Å². The van der Waals surface area contributed by atoms with E-state index in [-0.39, 0.29) is 0 Å². The second kappa shape index (κ2) is 5.37. The van der Waals surface area contributed by atoms with E-state index in [2.05, 4.69) is 28.5 Å². The van der Waals surface area contributed by atoms with Gasteiger partial charge in [0.2, 0.25) is 0 Å². The van der Waals surface area contributed by atoms with Crippen LogP contribution in [-0.2, 0) is 19.3 Å². The first-order chi connectivity index (χ1) is 9.65. The molecule has 0 amide bonds. The van der Waals surface area contributed by atoms with Crippen molar-refractivity contribution < 1.29 is 0 Å². The molecule has 6 heteroatoms. The van der Waals surface area contributed by atoms with Crippen LogP contribution in [0.2, 0.25) is 0 Å². The number of halogens is 1. The SMILES string of the molecule is CCc1nn(C)c2c1nc(CCl)n2C1CCCN(C)C1. The summed E-state index contributed by atoms with van der Waals surface area (Å²) in [5, 5.41) is 4.59. The van der Waals surface area contributed by atoms with Crippen molar-refractivity contribution in [2.24, 2.45) is 7.05 Å². The van der Waals surface area contributed by atoms with Gasteiger partial charge in [-0.05, 0) is 32.9 Å². The van der Waals surface area contributed by atoms with Crippen LogP contribution >= 0.6 is 11.6 Å². The van der Waals surface area contributed by atoms with E-state index in [1.807, 2.05) is 11.7 Å². The van der Waals surface area contributed by atoms with Gasteiger partial charge in [0.1, 0.15) is 11.3 Å². The zero-order chi connectivity index (χ0) is 14.3. The number of aromatic nitrogens is 4. The molecule has 0 spiro atoms. The molecule has 5 nitrogen and oxygen atoms in total. The maximum Gasteiger partial charge on any atom is 0.159 e. The maximum atomic E-state index is 6.14. The molecule has 3 heterocycles. The number of likely N-dealkylation sites (tertiary alicyclic amines) is 1. The molecule has 110 valence electrons. The summed E-state index contributed by atoms with van der Waals surface area (Å²) in [4.78, 5) is 7.14. The smallest absolute Gasteiger partial charge is 0.159 e. The topological polar surface area (TPSA) is 38.9 Å². The molecular weight excluding hydrogens is 274 g/mol. The van der Waals surface area contributed by atoms with Crippen LogP contribution in [0.3, 0.4) is 0 Å². The molecule has 0 radical (unpaired) electrons. The lowest BCUT2D eigenvalue weighted by atomic mass is 10.1. The average Bonchev–Trinajstić information content (AvgIpc) is 2.96. The molecule has 1 aliphatic rings. The lowest BCUT2D eigenvalue weighted by molar-refractivity contribution is 0.212. The third-order valence-electron chi connectivity index (χ3n) is 4.23. The Morgan fingerprint density at radius 3 is 2.80 bits per heavy atom. The summed E-state index contributed by atoms with van der Waals surface area (Å²) in [6.07, 6.45) is 3.31. The highest BCUT2D eigenvalue weighted by Crippen LogP contribution is 2.29. The predicted octanol–water partition coefficient (Wildman–Crippen LogP) is 2.34. The summed E-state index contributed by atoms with van der Waals surface area (Å²) in [6.45, 7) is 4.35. The minimum absolute atomic E-state index is 0.451. The first-order valence-corrected chi connectivity index (χ1v) is 7.86. The van der Waals surface area contributed by atoms with Crippen LogP contribution in [0.4, 0.5) is 0 Å². The van der Waals surface area contributed by atoms with Crippen molar-refractivity contribution in [3.8, 4) is 0 Å². The van der Waals surface area contributed by atoms with Crippen LogP contribution in [0.5, 0.6) is 0 Å². The molecule has 1 fully saturated rings. The molecule has 1 unspecified atom stereocenters. The van der Waals surface area contributed by atoms with E-state index in [1.54, 1.807) is 0 Å². The number of aryl methyl sites for hydroxylation is 2. The predicted molar refractivity (Wildman–Crippen MR) is 81.2 cm³/mol. The van der Waals surface area contributed by atoms with E-state index in [0.717, 1.165) is 35.6 Å². The van der Waals surface area contributed by atoms with Crippen molar-refractivity contribution in [3.63, 3.8) is 0 Å². The van der Waals surface area contributed by atoms with Gasteiger partial charge in [0.05, 0.1) is 11.6 Å². The summed E-state index contributed by atoms with van der Waals surface area (Å²) in [5.41, 5.74) is 3.22. The van der Waals surface area contributed by atoms with E-state index in [0.29, 0.717) is 11.9 Å². The number of nitrogens with zero attached hydrogens (tertiary/aromatic N) is 5. The maximum absolute atomic E-state index is 6.14. The summed E-state index contributed by atoms with van der Waals surface area (Å²) in [5.74, 6) is 1.43. The molecule has 0 bridgehead atoms. The molecule has 0 aliphatic carbocycles. The first kappa shape index (κ1) is 13.9. The number of alkyl halides is 1. The van der Waals surface area contributed by atoms with Gasteiger partial charge in [-0.2, -0.15) is 5.10 Å². The van der Waals surface area contributed by atoms with Gasteiger partial charge in [0, 0.05) is 19.6 Å². The van der Waals surface area contributed by atoms with Crippen LogP contribution in [0.1, 0.15) is 37.3 Å². The number of rotatable bonds is 3. The van der Waals surface area contributed by atoms with Gasteiger partial charge in [0.25, 0.3) is 0 Å². The van der Waals surface area contributed by atoms with Gasteiger partial charge in [-0.15, -0.1) is 11.6 Å². The van der Waals surface area contributed by atoms with Crippen molar-refractivity contribution >= 4 is 22.8 Å². The van der Waals surface area contributed by atoms with Crippen LogP contribution < -0.4 is 0 Å². The van der Waals surface area contributed by atoms with Crippen LogP contribution in [0.15, 0.2) is 0 Å². The van der Waals surface area contributed by atoms with Gasteiger partial charge in [-0.25, -0.2) is 4.98 Å². The second-order valence-electron chi connectivity index (χ2n) is 5.69. The molecular formula is C14H22ClN5. The van der Waals surface area contributed by atoms with Crippen LogP contribution in [-0.4, -0.2) is 44.4 Å². The minimum Gasteiger partial charge on any atom is -0.307 e. The average molecular weight is 296 g/mol. The monoisotopic (exact) mass is 295 g/mol. The van der Waals surface area contributed by atoms with E-state index in [1.165, 1.54) is 19.4 Å². The van der Waals surface area contributed by atoms with E-state index in [9.17, 15) is 0 Å². The Bertz CT molecular complexity index is 615. The lowest BCUT2D eigenvalue weighted by Crippen LogP contribution is -2.34. The molecule has 2 aromatic heterocycles. The van der Waals surface area contributed by atoms with Crippen molar-refractivity contribution in [1.82, 2.24) is 24.2 Å². The Morgan fingerprint density at radius 2 is 2.15 bits per heavy atom. The fourth-order valence-corrected chi connectivity index (χ4v) is 3.50. The summed E-state index contributed by atoms with van der Waals surface area (Å²) >= 11 is 6.14. The summed E-state index contributed by atoms with van der Waals surface area (Å²) < 4.78 is 4.29. The largest absolute Gasteiger partial charge is 0.307 e. The standard InChI is InChI=1S/C14H22ClN5/c1-4-11-13-14(19(3)17-11)20(12(8-15)16-13)10-6-5-7-18(2)9-10/h10H,4-9H2,1-3H3. The number of hydrogen-bond donors (Lipinski definition) is 0. The molecule has 1 saturated heterocycles. The fourth-order valence-electron chi connectivity index (χ4n) is 3.31. The molecule has 0 N–H and O–H groups in total. The third kappa shape index (κ3) is 2.13. The van der Waals surface area contributed by atoms with Crippen LogP contribution in [0, 0.1) is 0 Å². The van der Waals surface area contributed by atoms with Gasteiger partial charge in [0.15, 0.2) is 5.65 Å². The normalized spacial score (nSPS) is 20.9. The Morgan fingerprint density at radius 1 is 1.35 bits per heavy atom. The van der Waals surface area contributed by atoms with Crippen molar-refractivity contribution in [2.45, 2.75) is 38.1 Å². The number of piperidine rings is 1. The first-order valence-electron chi connectivity index (χ1n) is 7.32. The molecule has 3 rings (SSSR count). The van der Waals surface area contributed by atoms with Gasteiger partial charge >= 0.3 is 0 Å².